The molecule has 0 aliphatic heterocycles. The third-order valence-electron chi connectivity index (χ3n) is 8.20. The Morgan fingerprint density at radius 1 is 0.525 bits per heavy atom. The largest absolute Gasteiger partial charge is 1.00 e. The van der Waals surface area contributed by atoms with Crippen molar-refractivity contribution in [2.24, 2.45) is 0 Å². The summed E-state index contributed by atoms with van der Waals surface area (Å²) in [7, 11) is -1.71. The van der Waals surface area contributed by atoms with E-state index in [1.165, 1.54) is 60.6 Å². The van der Waals surface area contributed by atoms with Crippen LogP contribution in [0, 0.1) is 13.8 Å². The summed E-state index contributed by atoms with van der Waals surface area (Å²) in [6.45, 7) is 3.72. The Labute approximate surface area is 252 Å². The predicted octanol–water partition coefficient (Wildman–Crippen LogP) is 5.38. The first-order valence-corrected chi connectivity index (χ1v) is 16.6. The van der Waals surface area contributed by atoms with E-state index >= 15 is 0 Å². The van der Waals surface area contributed by atoms with E-state index in [1.807, 2.05) is 13.8 Å². The Bertz CT molecular complexity index is 1200. The Morgan fingerprint density at radius 3 is 1.38 bits per heavy atom. The summed E-state index contributed by atoms with van der Waals surface area (Å²) in [6.07, 6.45) is 11.8. The third-order valence-corrected chi connectivity index (χ3v) is 12.7. The predicted molar refractivity (Wildman–Crippen MR) is 170 cm³/mol. The lowest BCUT2D eigenvalue weighted by Crippen LogP contribution is -3.00. The SMILES string of the molecule is Cc1c(O)cc(CCCCCCCCCC[P+](c2ccccc2)(c2ccccc2)c2ccccc2)c(O)c1C.[Br-]. The van der Waals surface area contributed by atoms with Gasteiger partial charge in [0.1, 0.15) is 34.7 Å². The highest BCUT2D eigenvalue weighted by atomic mass is 79.9. The van der Waals surface area contributed by atoms with Crippen LogP contribution in [0.4, 0.5) is 0 Å². The second kappa shape index (κ2) is 16.0. The summed E-state index contributed by atoms with van der Waals surface area (Å²) in [5.41, 5.74) is 2.44. The van der Waals surface area contributed by atoms with Gasteiger partial charge < -0.3 is 27.2 Å². The highest BCUT2D eigenvalue weighted by Gasteiger charge is 2.44. The molecule has 0 atom stereocenters. The molecule has 0 aromatic heterocycles. The summed E-state index contributed by atoms with van der Waals surface area (Å²) in [5.74, 6) is 0.643. The van der Waals surface area contributed by atoms with Crippen LogP contribution in [0.1, 0.15) is 68.1 Å². The van der Waals surface area contributed by atoms with E-state index < -0.39 is 7.26 Å². The summed E-state index contributed by atoms with van der Waals surface area (Å²) in [4.78, 5) is 0. The smallest absolute Gasteiger partial charge is 0.122 e. The van der Waals surface area contributed by atoms with Gasteiger partial charge in [0.15, 0.2) is 0 Å². The summed E-state index contributed by atoms with van der Waals surface area (Å²) >= 11 is 0. The van der Waals surface area contributed by atoms with Crippen LogP contribution in [-0.4, -0.2) is 16.4 Å². The van der Waals surface area contributed by atoms with Gasteiger partial charge in [-0.15, -0.1) is 0 Å². The molecule has 4 heteroatoms. The minimum absolute atomic E-state index is 0. The van der Waals surface area contributed by atoms with Crippen molar-refractivity contribution >= 4 is 23.2 Å². The van der Waals surface area contributed by atoms with Gasteiger partial charge in [-0.2, -0.15) is 0 Å². The van der Waals surface area contributed by atoms with Crippen LogP contribution in [0.15, 0.2) is 97.1 Å². The summed E-state index contributed by atoms with van der Waals surface area (Å²) in [5, 5.41) is 24.9. The van der Waals surface area contributed by atoms with Crippen molar-refractivity contribution in [1.29, 1.82) is 0 Å². The zero-order chi connectivity index (χ0) is 27.5. The fourth-order valence-electron chi connectivity index (χ4n) is 5.75. The fraction of sp³-hybridized carbons (Fsp3) is 0.333. The van der Waals surface area contributed by atoms with Crippen LogP contribution in [0.2, 0.25) is 0 Å². The standard InChI is InChI=1S/C36H43O2P.BrH/c1-29-30(2)36(38)31(28-35(29)37)20-12-7-5-3-4-6-8-19-27-39(32-21-13-9-14-22-32,33-23-15-10-16-24-33)34-25-17-11-18-26-34;/h9-11,13-18,21-26,28H,3-8,12,19-20,27H2,1-2H3,(H-,37,38);1H. The lowest BCUT2D eigenvalue weighted by Gasteiger charge is -2.27. The number of hydrogen-bond acceptors (Lipinski definition) is 2. The van der Waals surface area contributed by atoms with Crippen LogP contribution in [0.25, 0.3) is 0 Å². The number of hydrogen-bond donors (Lipinski definition) is 2. The average molecular weight is 620 g/mol. The van der Waals surface area contributed by atoms with E-state index in [4.69, 9.17) is 0 Å². The number of halogens is 1. The van der Waals surface area contributed by atoms with E-state index in [1.54, 1.807) is 6.07 Å². The Kier molecular flexibility index (Phi) is 12.8. The van der Waals surface area contributed by atoms with Gasteiger partial charge >= 0.3 is 0 Å². The average Bonchev–Trinajstić information content (AvgIpc) is 2.99. The van der Waals surface area contributed by atoms with Crippen molar-refractivity contribution in [3.8, 4) is 11.5 Å². The maximum absolute atomic E-state index is 10.4. The first-order valence-electron chi connectivity index (χ1n) is 14.6. The van der Waals surface area contributed by atoms with Crippen molar-refractivity contribution in [2.75, 3.05) is 6.16 Å². The molecule has 0 saturated carbocycles. The van der Waals surface area contributed by atoms with Crippen LogP contribution >= 0.6 is 7.26 Å². The normalized spacial score (nSPS) is 11.2. The molecule has 4 aromatic carbocycles. The molecule has 4 aromatic rings. The van der Waals surface area contributed by atoms with Crippen LogP contribution in [-0.2, 0) is 6.42 Å². The van der Waals surface area contributed by atoms with Gasteiger partial charge in [-0.25, -0.2) is 0 Å². The molecule has 0 saturated heterocycles. The van der Waals surface area contributed by atoms with E-state index in [0.717, 1.165) is 36.0 Å². The second-order valence-electron chi connectivity index (χ2n) is 10.8. The molecule has 0 aliphatic rings. The highest BCUT2D eigenvalue weighted by Crippen LogP contribution is 2.56. The molecule has 0 unspecified atom stereocenters. The van der Waals surface area contributed by atoms with Gasteiger partial charge in [0, 0.05) is 0 Å². The molecule has 0 aliphatic carbocycles. The van der Waals surface area contributed by atoms with Gasteiger partial charge in [-0.3, -0.25) is 0 Å². The third kappa shape index (κ3) is 7.77. The molecule has 2 N–H and O–H groups in total. The Balaban J connectivity index is 0.00000441. The zero-order valence-corrected chi connectivity index (χ0v) is 26.5. The van der Waals surface area contributed by atoms with Crippen molar-refractivity contribution in [1.82, 2.24) is 0 Å². The molecule has 0 heterocycles. The van der Waals surface area contributed by atoms with Crippen molar-refractivity contribution in [3.05, 3.63) is 114 Å². The maximum atomic E-state index is 10.4. The van der Waals surface area contributed by atoms with Crippen molar-refractivity contribution in [2.45, 2.75) is 71.6 Å². The highest BCUT2D eigenvalue weighted by molar-refractivity contribution is 7.95. The number of aryl methyl sites for hydroxylation is 1. The molecule has 4 rings (SSSR count). The van der Waals surface area contributed by atoms with E-state index in [2.05, 4.69) is 91.0 Å². The molecule has 0 spiro atoms. The number of rotatable bonds is 14. The molecule has 40 heavy (non-hydrogen) atoms. The van der Waals surface area contributed by atoms with Crippen molar-refractivity contribution in [3.63, 3.8) is 0 Å². The first kappa shape index (κ1) is 31.9. The summed E-state index contributed by atoms with van der Waals surface area (Å²) < 4.78 is 0. The van der Waals surface area contributed by atoms with E-state index in [9.17, 15) is 10.2 Å². The molecule has 0 fully saturated rings. The van der Waals surface area contributed by atoms with Gasteiger partial charge in [-0.1, -0.05) is 86.7 Å². The number of phenols is 2. The lowest BCUT2D eigenvalue weighted by molar-refractivity contribution is -0.00000981. The number of phenolic OH excluding ortho intramolecular Hbond substituents is 2. The quantitative estimate of drug-likeness (QED) is 0.113. The van der Waals surface area contributed by atoms with Crippen LogP contribution < -0.4 is 32.9 Å². The van der Waals surface area contributed by atoms with Gasteiger partial charge in [-0.05, 0) is 98.7 Å². The topological polar surface area (TPSA) is 40.5 Å². The maximum Gasteiger partial charge on any atom is 0.122 e. The zero-order valence-electron chi connectivity index (χ0n) is 24.0. The molecular formula is C36H44BrO2P. The molecular weight excluding hydrogens is 575 g/mol. The molecule has 2 nitrogen and oxygen atoms in total. The molecule has 212 valence electrons. The number of aromatic hydroxyl groups is 2. The van der Waals surface area contributed by atoms with Gasteiger partial charge in [0.25, 0.3) is 0 Å². The second-order valence-corrected chi connectivity index (χ2v) is 14.4. The monoisotopic (exact) mass is 618 g/mol. The van der Waals surface area contributed by atoms with Gasteiger partial charge in [0.05, 0.1) is 6.16 Å². The minimum atomic E-state index is -1.71. The lowest BCUT2D eigenvalue weighted by atomic mass is 9.98. The van der Waals surface area contributed by atoms with Crippen LogP contribution in [0.5, 0.6) is 11.5 Å². The van der Waals surface area contributed by atoms with Crippen LogP contribution in [0.3, 0.4) is 0 Å². The Hall–Kier alpha value is -2.61. The summed E-state index contributed by atoms with van der Waals surface area (Å²) in [6, 6.07) is 35.3. The first-order chi connectivity index (χ1) is 19.0. The van der Waals surface area contributed by atoms with E-state index in [-0.39, 0.29) is 17.0 Å². The van der Waals surface area contributed by atoms with Crippen molar-refractivity contribution < 1.29 is 27.2 Å². The van der Waals surface area contributed by atoms with Gasteiger partial charge in [0.2, 0.25) is 0 Å². The minimum Gasteiger partial charge on any atom is -1.00 e. The number of unbranched alkanes of at least 4 members (excludes halogenated alkanes) is 7. The number of benzene rings is 4. The molecule has 0 bridgehead atoms. The molecule has 0 amide bonds. The Morgan fingerprint density at radius 2 is 0.925 bits per heavy atom. The fourth-order valence-corrected chi connectivity index (χ4v) is 10.2. The molecule has 0 radical (unpaired) electrons. The van der Waals surface area contributed by atoms with E-state index in [0.29, 0.717) is 11.5 Å².